The number of nitrogens with one attached hydrogen (secondary N) is 4. The molecule has 0 bridgehead atoms. The Labute approximate surface area is 382 Å². The van der Waals surface area contributed by atoms with Gasteiger partial charge in [0.25, 0.3) is 23.3 Å². The van der Waals surface area contributed by atoms with E-state index in [-0.39, 0.29) is 46.9 Å². The highest BCUT2D eigenvalue weighted by molar-refractivity contribution is 6.25. The van der Waals surface area contributed by atoms with E-state index in [1.165, 1.54) is 12.1 Å². The second kappa shape index (κ2) is 22.4. The minimum Gasteiger partial charge on any atom is -0.383 e. The molecule has 348 valence electrons. The molecule has 4 heterocycles. The molecular formula is C49H57FN8O8. The molecule has 4 aromatic rings. The molecule has 0 radical (unpaired) electrons. The molecule has 3 aromatic carbocycles. The van der Waals surface area contributed by atoms with E-state index < -0.39 is 41.4 Å². The zero-order valence-corrected chi connectivity index (χ0v) is 37.1. The summed E-state index contributed by atoms with van der Waals surface area (Å²) in [4.78, 5) is 106. The highest BCUT2D eigenvalue weighted by Gasteiger charge is 2.45. The highest BCUT2D eigenvalue weighted by Crippen LogP contribution is 2.32. The van der Waals surface area contributed by atoms with Crippen molar-refractivity contribution in [2.45, 2.75) is 102 Å². The van der Waals surface area contributed by atoms with Gasteiger partial charge in [0.05, 0.1) is 27.8 Å². The van der Waals surface area contributed by atoms with Crippen LogP contribution in [0, 0.1) is 5.82 Å². The Morgan fingerprint density at radius 1 is 0.727 bits per heavy atom. The quantitative estimate of drug-likeness (QED) is 0.0631. The van der Waals surface area contributed by atoms with Gasteiger partial charge in [-0.05, 0) is 55.2 Å². The maximum Gasteiger partial charge on any atom is 0.272 e. The molecular weight excluding hydrogens is 848 g/mol. The SMILES string of the molecule is O=C(CCCCCCCCCCCCC(=O)N1CCN(C(=O)c2cc(Cc3n[nH]c(=O)c4ccccc34)ccc2F)CC1)NCCNc1cccc2c1C(=O)N(C1CCC(=O)NC1=O)C2=O. The van der Waals surface area contributed by atoms with Crippen LogP contribution < -0.4 is 21.5 Å². The number of carbonyl (C=O) groups excluding carboxylic acids is 7. The minimum atomic E-state index is -1.04. The lowest BCUT2D eigenvalue weighted by Crippen LogP contribution is -2.54. The molecule has 0 saturated carbocycles. The lowest BCUT2D eigenvalue weighted by Gasteiger charge is -2.35. The van der Waals surface area contributed by atoms with Crippen molar-refractivity contribution in [2.24, 2.45) is 0 Å². The minimum absolute atomic E-state index is 0.0237. The summed E-state index contributed by atoms with van der Waals surface area (Å²) in [7, 11) is 0. The Kier molecular flexibility index (Phi) is 16.0. The number of piperidine rings is 1. The molecule has 3 aliphatic rings. The van der Waals surface area contributed by atoms with Crippen LogP contribution in [0.2, 0.25) is 0 Å². The van der Waals surface area contributed by atoms with Gasteiger partial charge in [-0.2, -0.15) is 5.10 Å². The molecule has 2 fully saturated rings. The average Bonchev–Trinajstić information content (AvgIpc) is 3.58. The molecule has 7 amide bonds. The Hall–Kier alpha value is -6.78. The maximum atomic E-state index is 14.9. The van der Waals surface area contributed by atoms with E-state index in [2.05, 4.69) is 26.1 Å². The molecule has 1 unspecified atom stereocenters. The molecule has 0 aliphatic carbocycles. The van der Waals surface area contributed by atoms with Gasteiger partial charge in [0.2, 0.25) is 23.6 Å². The Morgan fingerprint density at radius 3 is 2.11 bits per heavy atom. The van der Waals surface area contributed by atoms with Crippen molar-refractivity contribution in [3.05, 3.63) is 105 Å². The molecule has 1 atom stereocenters. The second-order valence-electron chi connectivity index (χ2n) is 17.2. The number of benzene rings is 3. The molecule has 3 aliphatic heterocycles. The van der Waals surface area contributed by atoms with Crippen molar-refractivity contribution in [3.63, 3.8) is 0 Å². The van der Waals surface area contributed by atoms with E-state index in [0.717, 1.165) is 69.1 Å². The average molecular weight is 905 g/mol. The van der Waals surface area contributed by atoms with Crippen LogP contribution in [-0.2, 0) is 25.6 Å². The van der Waals surface area contributed by atoms with Crippen molar-refractivity contribution < 1.29 is 38.0 Å². The Balaban J connectivity index is 0.694. The first-order valence-electron chi connectivity index (χ1n) is 23.2. The summed E-state index contributed by atoms with van der Waals surface area (Å²) in [6, 6.07) is 15.4. The van der Waals surface area contributed by atoms with Crippen molar-refractivity contribution in [2.75, 3.05) is 44.6 Å². The number of hydrogen-bond donors (Lipinski definition) is 4. The third-order valence-electron chi connectivity index (χ3n) is 12.6. The fraction of sp³-hybridized carbons (Fsp3) is 0.449. The topological polar surface area (TPSA) is 211 Å². The predicted molar refractivity (Wildman–Crippen MR) is 244 cm³/mol. The third-order valence-corrected chi connectivity index (χ3v) is 12.6. The van der Waals surface area contributed by atoms with E-state index in [0.29, 0.717) is 86.2 Å². The summed E-state index contributed by atoms with van der Waals surface area (Å²) >= 11 is 0. The van der Waals surface area contributed by atoms with Crippen LogP contribution in [-0.4, -0.2) is 112 Å². The Morgan fingerprint density at radius 2 is 1.39 bits per heavy atom. The Bertz CT molecular complexity index is 2540. The summed E-state index contributed by atoms with van der Waals surface area (Å²) in [5, 5.41) is 16.2. The van der Waals surface area contributed by atoms with Crippen LogP contribution in [0.4, 0.5) is 10.1 Å². The number of halogens is 1. The number of H-pyrrole nitrogens is 1. The van der Waals surface area contributed by atoms with Gasteiger partial charge in [-0.15, -0.1) is 0 Å². The molecule has 1 aromatic heterocycles. The summed E-state index contributed by atoms with van der Waals surface area (Å²) in [6.07, 6.45) is 11.5. The zero-order valence-electron chi connectivity index (χ0n) is 37.1. The van der Waals surface area contributed by atoms with Gasteiger partial charge in [0, 0.05) is 76.0 Å². The maximum absolute atomic E-state index is 14.9. The van der Waals surface area contributed by atoms with E-state index in [1.54, 1.807) is 46.2 Å². The van der Waals surface area contributed by atoms with Gasteiger partial charge in [-0.25, -0.2) is 9.49 Å². The summed E-state index contributed by atoms with van der Waals surface area (Å²) in [6.45, 7) is 2.14. The first kappa shape index (κ1) is 47.2. The lowest BCUT2D eigenvalue weighted by atomic mass is 10.0. The summed E-state index contributed by atoms with van der Waals surface area (Å²) in [5.41, 5.74) is 1.82. The summed E-state index contributed by atoms with van der Waals surface area (Å²) < 4.78 is 14.9. The van der Waals surface area contributed by atoms with Gasteiger partial charge in [-0.3, -0.25) is 48.6 Å². The molecule has 16 nitrogen and oxygen atoms in total. The first-order chi connectivity index (χ1) is 32.0. The van der Waals surface area contributed by atoms with Crippen LogP contribution in [0.5, 0.6) is 0 Å². The normalized spacial score (nSPS) is 16.1. The van der Waals surface area contributed by atoms with Crippen LogP contribution >= 0.6 is 0 Å². The second-order valence-corrected chi connectivity index (χ2v) is 17.2. The van der Waals surface area contributed by atoms with Gasteiger partial charge < -0.3 is 20.4 Å². The molecule has 7 rings (SSSR count). The van der Waals surface area contributed by atoms with Gasteiger partial charge >= 0.3 is 0 Å². The van der Waals surface area contributed by atoms with Crippen LogP contribution in [0.3, 0.4) is 0 Å². The molecule has 17 heteroatoms. The van der Waals surface area contributed by atoms with Crippen molar-refractivity contribution in [1.29, 1.82) is 0 Å². The van der Waals surface area contributed by atoms with Gasteiger partial charge in [-0.1, -0.05) is 81.7 Å². The fourth-order valence-electron chi connectivity index (χ4n) is 8.96. The van der Waals surface area contributed by atoms with Crippen LogP contribution in [0.15, 0.2) is 65.5 Å². The number of nitrogens with zero attached hydrogens (tertiary/aromatic N) is 4. The van der Waals surface area contributed by atoms with E-state index in [1.807, 2.05) is 12.1 Å². The molecule has 66 heavy (non-hydrogen) atoms. The van der Waals surface area contributed by atoms with E-state index in [4.69, 9.17) is 0 Å². The smallest absolute Gasteiger partial charge is 0.272 e. The number of aromatic nitrogens is 2. The number of aromatic amines is 1. The lowest BCUT2D eigenvalue weighted by molar-refractivity contribution is -0.136. The molecule has 0 spiro atoms. The van der Waals surface area contributed by atoms with Gasteiger partial charge in [0.15, 0.2) is 0 Å². The number of unbranched alkanes of at least 4 members (excludes halogenated alkanes) is 9. The van der Waals surface area contributed by atoms with Crippen LogP contribution in [0.1, 0.15) is 132 Å². The predicted octanol–water partition coefficient (Wildman–Crippen LogP) is 5.25. The summed E-state index contributed by atoms with van der Waals surface area (Å²) in [5.74, 6) is -3.24. The largest absolute Gasteiger partial charge is 0.383 e. The fourth-order valence-corrected chi connectivity index (χ4v) is 8.96. The van der Waals surface area contributed by atoms with E-state index >= 15 is 0 Å². The zero-order chi connectivity index (χ0) is 46.6. The number of piperazine rings is 1. The van der Waals surface area contributed by atoms with Crippen molar-refractivity contribution >= 4 is 57.8 Å². The highest BCUT2D eigenvalue weighted by atomic mass is 19.1. The number of carbonyl (C=O) groups is 7. The molecule has 2 saturated heterocycles. The number of amides is 7. The third kappa shape index (κ3) is 11.5. The van der Waals surface area contributed by atoms with E-state index in [9.17, 15) is 42.7 Å². The number of rotatable bonds is 21. The first-order valence-corrected chi connectivity index (χ1v) is 23.2. The number of fused-ring (bicyclic) bond motifs is 2. The van der Waals surface area contributed by atoms with Crippen LogP contribution in [0.25, 0.3) is 10.8 Å². The van der Waals surface area contributed by atoms with Crippen molar-refractivity contribution in [3.8, 4) is 0 Å². The van der Waals surface area contributed by atoms with Gasteiger partial charge in [0.1, 0.15) is 11.9 Å². The number of anilines is 1. The number of hydrogen-bond acceptors (Lipinski definition) is 10. The monoisotopic (exact) mass is 904 g/mol. The number of imide groups is 2. The van der Waals surface area contributed by atoms with Crippen molar-refractivity contribution in [1.82, 2.24) is 35.5 Å². The molecule has 4 N–H and O–H groups in total. The standard InChI is InChI=1S/C49H57FN8O8/c50-37-21-20-32(31-39-33-14-11-12-15-34(33)45(62)55-54-39)30-36(37)47(64)57-28-26-56(27-29-57)43(61)19-10-8-6-4-2-1-3-5-7-9-18-41(59)52-25-24-51-38-17-13-16-35-44(38)49(66)58(48(35)65)40-22-23-42(60)53-46(40)63/h11-17,20-21,30,40,51H,1-10,18-19,22-29,31H2,(H,52,59)(H,55,62)(H,53,60,63).